The van der Waals surface area contributed by atoms with Crippen LogP contribution in [0.5, 0.6) is 0 Å². The minimum absolute atomic E-state index is 0.625. The lowest BCUT2D eigenvalue weighted by atomic mass is 10.1. The first kappa shape index (κ1) is 33.1. The Morgan fingerprint density at radius 3 is 1.09 bits per heavy atom. The zero-order chi connectivity index (χ0) is 24.3. The Morgan fingerprint density at radius 1 is 0.424 bits per heavy atom. The van der Waals surface area contributed by atoms with Crippen molar-refractivity contribution in [2.24, 2.45) is 0 Å². The van der Waals surface area contributed by atoms with Crippen molar-refractivity contribution < 1.29 is 18.6 Å². The van der Waals surface area contributed by atoms with E-state index in [0.29, 0.717) is 32.8 Å². The molecule has 0 saturated heterocycles. The first-order valence-electron chi connectivity index (χ1n) is 14.4. The van der Waals surface area contributed by atoms with E-state index >= 15 is 0 Å². The van der Waals surface area contributed by atoms with Gasteiger partial charge in [0.1, 0.15) is 0 Å². The Hall–Kier alpha value is 0.0569. The Labute approximate surface area is 210 Å². The molecule has 0 aliphatic carbocycles. The molecule has 197 valence electrons. The number of rotatable bonds is 28. The number of hydrogen-bond acceptors (Lipinski definition) is 4. The van der Waals surface area contributed by atoms with Crippen LogP contribution in [0.25, 0.3) is 0 Å². The Morgan fingerprint density at radius 2 is 0.758 bits per heavy atom. The summed E-state index contributed by atoms with van der Waals surface area (Å²) in [6, 6.07) is 0. The first-order chi connectivity index (χ1) is 16.2. The summed E-state index contributed by atoms with van der Waals surface area (Å²) in [4.78, 5) is 0. The highest BCUT2D eigenvalue weighted by molar-refractivity contribution is 5.97. The van der Waals surface area contributed by atoms with Crippen molar-refractivity contribution in [3.63, 3.8) is 0 Å². The molecule has 0 N–H and O–H groups in total. The van der Waals surface area contributed by atoms with Gasteiger partial charge < -0.3 is 18.6 Å². The molecule has 0 bridgehead atoms. The van der Waals surface area contributed by atoms with Crippen LogP contribution in [0.1, 0.15) is 149 Å². The molecule has 0 rings (SSSR count). The van der Waals surface area contributed by atoms with E-state index in [2.05, 4.69) is 31.3 Å². The van der Waals surface area contributed by atoms with Crippen LogP contribution < -0.4 is 0 Å². The third-order valence-corrected chi connectivity index (χ3v) is 6.39. The lowest BCUT2D eigenvalue weighted by Gasteiger charge is -2.34. The van der Waals surface area contributed by atoms with Crippen LogP contribution in [0.15, 0.2) is 0 Å². The maximum absolute atomic E-state index is 6.36. The van der Waals surface area contributed by atoms with Gasteiger partial charge in [-0.25, -0.2) is 0 Å². The molecule has 0 spiro atoms. The van der Waals surface area contributed by atoms with E-state index in [1.54, 1.807) is 0 Å². The molecule has 0 aliphatic rings. The van der Waals surface area contributed by atoms with E-state index < -0.39 is 5.97 Å². The van der Waals surface area contributed by atoms with Crippen molar-refractivity contribution in [3.8, 4) is 0 Å². The standard InChI is InChI=1S/C28H57O4Si/c1-4-7-10-13-16-19-24-29-28(23-22-27-32-33,30-25-20-17-14-11-8-5-2)31-26-21-18-15-12-9-6-3/h4-27H2,1-3H3. The van der Waals surface area contributed by atoms with Gasteiger partial charge in [0, 0.05) is 13.0 Å². The SMILES string of the molecule is CCCCCCCCOC(CCCO[Si])(OCCCCCCCC)OCCCCCCCC. The van der Waals surface area contributed by atoms with E-state index in [1.165, 1.54) is 96.3 Å². The van der Waals surface area contributed by atoms with Crippen molar-refractivity contribution in [3.05, 3.63) is 0 Å². The van der Waals surface area contributed by atoms with Gasteiger partial charge in [-0.2, -0.15) is 0 Å². The Balaban J connectivity index is 4.61. The highest BCUT2D eigenvalue weighted by atomic mass is 28.2. The van der Waals surface area contributed by atoms with Crippen LogP contribution in [0.2, 0.25) is 0 Å². The fourth-order valence-corrected chi connectivity index (χ4v) is 4.18. The van der Waals surface area contributed by atoms with Gasteiger partial charge in [0.25, 0.3) is 5.97 Å². The maximum atomic E-state index is 6.36. The molecular formula is C28H57O4Si. The summed E-state index contributed by atoms with van der Waals surface area (Å²) in [5.41, 5.74) is 0. The van der Waals surface area contributed by atoms with Gasteiger partial charge in [-0.05, 0) is 25.7 Å². The van der Waals surface area contributed by atoms with E-state index in [1.807, 2.05) is 0 Å². The molecule has 3 radical (unpaired) electrons. The van der Waals surface area contributed by atoms with Crippen molar-refractivity contribution in [2.45, 2.75) is 155 Å². The Bertz CT molecular complexity index is 322. The minimum atomic E-state index is -0.916. The van der Waals surface area contributed by atoms with Gasteiger partial charge >= 0.3 is 0 Å². The summed E-state index contributed by atoms with van der Waals surface area (Å²) < 4.78 is 24.2. The summed E-state index contributed by atoms with van der Waals surface area (Å²) in [5.74, 6) is -0.916. The second-order valence-corrected chi connectivity index (χ2v) is 9.77. The summed E-state index contributed by atoms with van der Waals surface area (Å²) in [6.45, 7) is 9.51. The minimum Gasteiger partial charge on any atom is -0.419 e. The van der Waals surface area contributed by atoms with Crippen molar-refractivity contribution in [1.82, 2.24) is 0 Å². The van der Waals surface area contributed by atoms with Crippen LogP contribution in [-0.4, -0.2) is 42.9 Å². The zero-order valence-electron chi connectivity index (χ0n) is 22.6. The van der Waals surface area contributed by atoms with Gasteiger partial charge in [0.05, 0.1) is 19.8 Å². The van der Waals surface area contributed by atoms with E-state index in [9.17, 15) is 0 Å². The van der Waals surface area contributed by atoms with Crippen LogP contribution in [0.4, 0.5) is 0 Å². The molecule has 0 heterocycles. The van der Waals surface area contributed by atoms with Gasteiger partial charge in [-0.15, -0.1) is 0 Å². The molecule has 4 nitrogen and oxygen atoms in total. The van der Waals surface area contributed by atoms with E-state index in [4.69, 9.17) is 18.6 Å². The van der Waals surface area contributed by atoms with Crippen LogP contribution in [0.3, 0.4) is 0 Å². The van der Waals surface area contributed by atoms with Crippen LogP contribution in [-0.2, 0) is 18.6 Å². The quantitative estimate of drug-likeness (QED) is 0.0631. The van der Waals surface area contributed by atoms with E-state index in [-0.39, 0.29) is 0 Å². The molecule has 0 unspecified atom stereocenters. The van der Waals surface area contributed by atoms with Crippen molar-refractivity contribution >= 4 is 10.5 Å². The predicted molar refractivity (Wildman–Crippen MR) is 142 cm³/mol. The molecule has 33 heavy (non-hydrogen) atoms. The number of unbranched alkanes of at least 4 members (excludes halogenated alkanes) is 15. The van der Waals surface area contributed by atoms with Crippen molar-refractivity contribution in [1.29, 1.82) is 0 Å². The molecule has 0 fully saturated rings. The van der Waals surface area contributed by atoms with Crippen LogP contribution in [0, 0.1) is 0 Å². The number of hydrogen-bond donors (Lipinski definition) is 0. The molecule has 5 heteroatoms. The maximum Gasteiger partial charge on any atom is 0.282 e. The smallest absolute Gasteiger partial charge is 0.282 e. The summed E-state index contributed by atoms with van der Waals surface area (Å²) in [6.07, 6.45) is 24.1. The highest BCUT2D eigenvalue weighted by Gasteiger charge is 2.33. The average molecular weight is 486 g/mol. The normalized spacial score (nSPS) is 12.0. The summed E-state index contributed by atoms with van der Waals surface area (Å²) in [7, 11) is 3.12. The third-order valence-electron chi connectivity index (χ3n) is 6.19. The van der Waals surface area contributed by atoms with Gasteiger partial charge in [0.2, 0.25) is 10.5 Å². The summed E-state index contributed by atoms with van der Waals surface area (Å²) in [5, 5.41) is 0. The zero-order valence-corrected chi connectivity index (χ0v) is 23.6. The van der Waals surface area contributed by atoms with Crippen LogP contribution >= 0.6 is 0 Å². The summed E-state index contributed by atoms with van der Waals surface area (Å²) >= 11 is 0. The lowest BCUT2D eigenvalue weighted by molar-refractivity contribution is -0.384. The third kappa shape index (κ3) is 22.3. The molecule has 0 atom stereocenters. The molecule has 0 saturated carbocycles. The second-order valence-electron chi connectivity index (χ2n) is 9.48. The topological polar surface area (TPSA) is 36.9 Å². The molecule has 0 aliphatic heterocycles. The van der Waals surface area contributed by atoms with E-state index in [0.717, 1.165) is 25.7 Å². The van der Waals surface area contributed by atoms with Gasteiger partial charge in [-0.3, -0.25) is 0 Å². The molecule has 0 aromatic rings. The second kappa shape index (κ2) is 26.7. The molecule has 0 amide bonds. The van der Waals surface area contributed by atoms with Gasteiger partial charge in [-0.1, -0.05) is 117 Å². The predicted octanol–water partition coefficient (Wildman–Crippen LogP) is 8.65. The largest absolute Gasteiger partial charge is 0.419 e. The monoisotopic (exact) mass is 485 g/mol. The first-order valence-corrected chi connectivity index (χ1v) is 14.9. The highest BCUT2D eigenvalue weighted by Crippen LogP contribution is 2.25. The molecule has 0 aromatic heterocycles. The lowest BCUT2D eigenvalue weighted by Crippen LogP contribution is -2.40. The van der Waals surface area contributed by atoms with Crippen molar-refractivity contribution in [2.75, 3.05) is 26.4 Å². The Kier molecular flexibility index (Phi) is 26.7. The van der Waals surface area contributed by atoms with Gasteiger partial charge in [0.15, 0.2) is 0 Å². The number of ether oxygens (including phenoxy) is 3. The average Bonchev–Trinajstić information content (AvgIpc) is 2.82. The fraction of sp³-hybridized carbons (Fsp3) is 1.00. The molecule has 0 aromatic carbocycles. The fourth-order valence-electron chi connectivity index (χ4n) is 4.03. The molecular weight excluding hydrogens is 428 g/mol.